The molecule has 0 aromatic heterocycles. The Labute approximate surface area is 170 Å². The first-order chi connectivity index (χ1) is 13.3. The van der Waals surface area contributed by atoms with E-state index in [0.717, 1.165) is 5.56 Å². The fourth-order valence-corrected chi connectivity index (χ4v) is 2.82. The average Bonchev–Trinajstić information content (AvgIpc) is 2.64. The zero-order valence-electron chi connectivity index (χ0n) is 14.2. The maximum absolute atomic E-state index is 11.9. The molecule has 0 unspecified atom stereocenters. The molecule has 3 rings (SSSR count). The van der Waals surface area contributed by atoms with E-state index in [-0.39, 0.29) is 27.9 Å². The summed E-state index contributed by atoms with van der Waals surface area (Å²) >= 11 is 11.0. The van der Waals surface area contributed by atoms with Crippen molar-refractivity contribution < 1.29 is 24.2 Å². The van der Waals surface area contributed by atoms with Crippen LogP contribution in [0.4, 0.5) is 0 Å². The topological polar surface area (TPSA) is 108 Å². The number of carboxylic acids is 1. The lowest BCUT2D eigenvalue weighted by atomic mass is 10.1. The summed E-state index contributed by atoms with van der Waals surface area (Å²) in [5, 5.41) is 15.7. The molecule has 0 radical (unpaired) electrons. The van der Waals surface area contributed by atoms with Crippen LogP contribution in [0.3, 0.4) is 0 Å². The number of benzene rings is 2. The highest BCUT2D eigenvalue weighted by Crippen LogP contribution is 2.27. The Hall–Kier alpha value is -3.23. The van der Waals surface area contributed by atoms with Crippen molar-refractivity contribution >= 4 is 52.8 Å². The van der Waals surface area contributed by atoms with Crippen LogP contribution in [0.2, 0.25) is 5.02 Å². The number of nitrogens with one attached hydrogen (secondary N) is 2. The second-order valence-electron chi connectivity index (χ2n) is 5.76. The van der Waals surface area contributed by atoms with E-state index in [2.05, 4.69) is 10.6 Å². The van der Waals surface area contributed by atoms with Gasteiger partial charge in [-0.3, -0.25) is 20.2 Å². The molecule has 1 aliphatic heterocycles. The Kier molecular flexibility index (Phi) is 5.72. The summed E-state index contributed by atoms with van der Waals surface area (Å²) in [6, 6.07) is 10.9. The molecule has 9 heteroatoms. The second-order valence-corrected chi connectivity index (χ2v) is 6.57. The number of rotatable bonds is 5. The number of halogens is 1. The van der Waals surface area contributed by atoms with Crippen LogP contribution in [0.1, 0.15) is 21.5 Å². The smallest absolute Gasteiger partial charge is 0.263 e. The molecule has 28 heavy (non-hydrogen) atoms. The van der Waals surface area contributed by atoms with Crippen LogP contribution in [-0.4, -0.2) is 22.9 Å². The lowest BCUT2D eigenvalue weighted by molar-refractivity contribution is -0.255. The molecule has 1 heterocycles. The number of carbonyl (C=O) groups is 3. The van der Waals surface area contributed by atoms with Crippen molar-refractivity contribution in [2.45, 2.75) is 6.61 Å². The molecule has 0 bridgehead atoms. The molecule has 2 aromatic carbocycles. The predicted molar refractivity (Wildman–Crippen MR) is 103 cm³/mol. The first-order valence-corrected chi connectivity index (χ1v) is 8.73. The number of ether oxygens (including phenoxy) is 1. The van der Waals surface area contributed by atoms with Gasteiger partial charge in [-0.2, -0.15) is 0 Å². The van der Waals surface area contributed by atoms with Crippen LogP contribution in [0.25, 0.3) is 6.08 Å². The summed E-state index contributed by atoms with van der Waals surface area (Å²) in [5.41, 5.74) is 1.27. The van der Waals surface area contributed by atoms with Gasteiger partial charge in [-0.1, -0.05) is 41.9 Å². The minimum absolute atomic E-state index is 0.0402. The Morgan fingerprint density at radius 3 is 2.32 bits per heavy atom. The summed E-state index contributed by atoms with van der Waals surface area (Å²) in [4.78, 5) is 34.5. The maximum atomic E-state index is 11.9. The molecular formula is C19H12ClN2O5S-. The normalized spacial score (nSPS) is 13.6. The van der Waals surface area contributed by atoms with Crippen molar-refractivity contribution in [2.75, 3.05) is 0 Å². The Bertz CT molecular complexity index is 995. The summed E-state index contributed by atoms with van der Waals surface area (Å²) in [5.74, 6) is -2.04. The average molecular weight is 416 g/mol. The molecule has 2 amide bonds. The number of carbonyl (C=O) groups excluding carboxylic acids is 3. The third-order valence-corrected chi connectivity index (χ3v) is 4.29. The van der Waals surface area contributed by atoms with Crippen molar-refractivity contribution in [2.24, 2.45) is 0 Å². The molecule has 2 aromatic rings. The highest BCUT2D eigenvalue weighted by Gasteiger charge is 2.25. The third-order valence-electron chi connectivity index (χ3n) is 3.79. The third kappa shape index (κ3) is 4.54. The van der Waals surface area contributed by atoms with Gasteiger partial charge >= 0.3 is 0 Å². The van der Waals surface area contributed by atoms with Gasteiger partial charge in [0.2, 0.25) is 0 Å². The SMILES string of the molecule is O=C1NC(=S)NC(=O)C1=Cc1ccc(OCc2ccc(C(=O)[O-])cc2)c(Cl)c1. The van der Waals surface area contributed by atoms with Crippen LogP contribution in [0.5, 0.6) is 5.75 Å². The van der Waals surface area contributed by atoms with Crippen molar-refractivity contribution in [3.63, 3.8) is 0 Å². The van der Waals surface area contributed by atoms with Crippen LogP contribution < -0.4 is 20.5 Å². The van der Waals surface area contributed by atoms with Gasteiger partial charge in [-0.15, -0.1) is 0 Å². The molecule has 1 fully saturated rings. The van der Waals surface area contributed by atoms with Gasteiger partial charge in [-0.05, 0) is 47.1 Å². The van der Waals surface area contributed by atoms with Gasteiger partial charge in [0.05, 0.1) is 11.0 Å². The van der Waals surface area contributed by atoms with Gasteiger partial charge in [0.1, 0.15) is 17.9 Å². The van der Waals surface area contributed by atoms with Crippen molar-refractivity contribution in [1.82, 2.24) is 10.6 Å². The minimum Gasteiger partial charge on any atom is -0.545 e. The monoisotopic (exact) mass is 415 g/mol. The number of hydrogen-bond donors (Lipinski definition) is 2. The molecule has 1 saturated heterocycles. The fraction of sp³-hybridized carbons (Fsp3) is 0.0526. The van der Waals surface area contributed by atoms with Crippen LogP contribution in [0, 0.1) is 0 Å². The first kappa shape index (κ1) is 19.5. The Morgan fingerprint density at radius 1 is 1.11 bits per heavy atom. The van der Waals surface area contributed by atoms with E-state index in [0.29, 0.717) is 11.3 Å². The number of aromatic carboxylic acids is 1. The van der Waals surface area contributed by atoms with Crippen LogP contribution in [-0.2, 0) is 16.2 Å². The van der Waals surface area contributed by atoms with E-state index >= 15 is 0 Å². The molecule has 142 valence electrons. The molecule has 2 N–H and O–H groups in total. The zero-order valence-corrected chi connectivity index (χ0v) is 15.7. The van der Waals surface area contributed by atoms with Crippen LogP contribution >= 0.6 is 23.8 Å². The molecular weight excluding hydrogens is 404 g/mol. The summed E-state index contributed by atoms with van der Waals surface area (Å²) in [6.45, 7) is 0.176. The molecule has 0 saturated carbocycles. The van der Waals surface area contributed by atoms with Crippen molar-refractivity contribution in [1.29, 1.82) is 0 Å². The molecule has 0 spiro atoms. The molecule has 0 atom stereocenters. The van der Waals surface area contributed by atoms with E-state index in [1.165, 1.54) is 18.2 Å². The van der Waals surface area contributed by atoms with Crippen molar-refractivity contribution in [3.8, 4) is 5.75 Å². The lowest BCUT2D eigenvalue weighted by Crippen LogP contribution is -2.51. The Balaban J connectivity index is 1.71. The second kappa shape index (κ2) is 8.20. The largest absolute Gasteiger partial charge is 0.545 e. The maximum Gasteiger partial charge on any atom is 0.263 e. The number of hydrogen-bond acceptors (Lipinski definition) is 6. The fourth-order valence-electron chi connectivity index (χ4n) is 2.40. The van der Waals surface area contributed by atoms with Crippen LogP contribution in [0.15, 0.2) is 48.0 Å². The van der Waals surface area contributed by atoms with E-state index in [1.54, 1.807) is 30.3 Å². The molecule has 7 nitrogen and oxygen atoms in total. The highest BCUT2D eigenvalue weighted by molar-refractivity contribution is 7.80. The van der Waals surface area contributed by atoms with E-state index in [1.807, 2.05) is 0 Å². The van der Waals surface area contributed by atoms with Gasteiger partial charge in [0.25, 0.3) is 11.8 Å². The first-order valence-electron chi connectivity index (χ1n) is 7.94. The highest BCUT2D eigenvalue weighted by atomic mass is 35.5. The number of carboxylic acid groups (broad SMARTS) is 1. The molecule has 0 aliphatic carbocycles. The number of thiocarbonyl (C=S) groups is 1. The van der Waals surface area contributed by atoms with Gasteiger partial charge in [0, 0.05) is 0 Å². The van der Waals surface area contributed by atoms with E-state index in [9.17, 15) is 19.5 Å². The quantitative estimate of drug-likeness (QED) is 0.431. The van der Waals surface area contributed by atoms with Gasteiger partial charge in [0.15, 0.2) is 5.11 Å². The lowest BCUT2D eigenvalue weighted by Gasteiger charge is -2.16. The number of amides is 2. The van der Waals surface area contributed by atoms with Gasteiger partial charge in [-0.25, -0.2) is 0 Å². The summed E-state index contributed by atoms with van der Waals surface area (Å²) in [6.07, 6.45) is 1.39. The minimum atomic E-state index is -1.25. The van der Waals surface area contributed by atoms with Gasteiger partial charge < -0.3 is 14.6 Å². The predicted octanol–water partition coefficient (Wildman–Crippen LogP) is 1.20. The summed E-state index contributed by atoms with van der Waals surface area (Å²) in [7, 11) is 0. The van der Waals surface area contributed by atoms with E-state index < -0.39 is 17.8 Å². The summed E-state index contributed by atoms with van der Waals surface area (Å²) < 4.78 is 5.63. The standard InChI is InChI=1S/C19H13ClN2O5S/c20-14-8-11(7-13-16(23)21-19(28)22-17(13)24)3-6-15(14)27-9-10-1-4-12(5-2-10)18(25)26/h1-8H,9H2,(H,25,26)(H2,21,22,23,24,28)/p-1. The molecule has 1 aliphatic rings. The van der Waals surface area contributed by atoms with Crippen molar-refractivity contribution in [3.05, 3.63) is 69.8 Å². The Morgan fingerprint density at radius 2 is 1.75 bits per heavy atom. The zero-order chi connectivity index (χ0) is 20.3. The van der Waals surface area contributed by atoms with E-state index in [4.69, 9.17) is 28.6 Å².